The van der Waals surface area contributed by atoms with E-state index in [1.165, 1.54) is 0 Å². The lowest BCUT2D eigenvalue weighted by atomic mass is 10.1. The Bertz CT molecular complexity index is 459. The van der Waals surface area contributed by atoms with Crippen molar-refractivity contribution in [1.82, 2.24) is 5.43 Å². The summed E-state index contributed by atoms with van der Waals surface area (Å²) in [4.78, 5) is 21.9. The van der Waals surface area contributed by atoms with Crippen molar-refractivity contribution >= 4 is 17.6 Å². The molecule has 0 saturated carbocycles. The summed E-state index contributed by atoms with van der Waals surface area (Å²) in [6.07, 6.45) is 0.452. The summed E-state index contributed by atoms with van der Waals surface area (Å²) in [6, 6.07) is 7.29. The molecule has 0 aliphatic carbocycles. The van der Waals surface area contributed by atoms with Gasteiger partial charge in [0.05, 0.1) is 24.6 Å². The van der Waals surface area contributed by atoms with Crippen LogP contribution in [0.15, 0.2) is 24.3 Å². The number of hydrazine groups is 1. The van der Waals surface area contributed by atoms with Crippen molar-refractivity contribution in [2.75, 3.05) is 5.01 Å². The highest BCUT2D eigenvalue weighted by Crippen LogP contribution is 2.21. The number of carboxylic acid groups (broad SMARTS) is 1. The van der Waals surface area contributed by atoms with E-state index in [-0.39, 0.29) is 18.4 Å². The number of carbonyl (C=O) groups is 2. The first-order chi connectivity index (χ1) is 8.06. The number of amides is 1. The topological polar surface area (TPSA) is 69.6 Å². The van der Waals surface area contributed by atoms with Gasteiger partial charge in [-0.25, -0.2) is 0 Å². The van der Waals surface area contributed by atoms with Crippen LogP contribution < -0.4 is 10.4 Å². The molecule has 1 aromatic carbocycles. The van der Waals surface area contributed by atoms with Crippen LogP contribution in [-0.4, -0.2) is 23.0 Å². The van der Waals surface area contributed by atoms with Gasteiger partial charge in [0, 0.05) is 0 Å². The largest absolute Gasteiger partial charge is 0.481 e. The van der Waals surface area contributed by atoms with E-state index in [1.807, 2.05) is 13.0 Å². The average molecular weight is 234 g/mol. The average Bonchev–Trinajstić information content (AvgIpc) is 2.57. The number of anilines is 1. The smallest absolute Gasteiger partial charge is 0.307 e. The summed E-state index contributed by atoms with van der Waals surface area (Å²) in [5.74, 6) is -0.873. The summed E-state index contributed by atoms with van der Waals surface area (Å²) in [5.41, 5.74) is 4.29. The number of aliphatic carboxylic acids is 1. The number of benzene rings is 1. The zero-order valence-electron chi connectivity index (χ0n) is 9.51. The number of hydrogen-bond donors (Lipinski definition) is 2. The second-order valence-corrected chi connectivity index (χ2v) is 4.20. The number of carbonyl (C=O) groups excluding carboxylic acids is 1. The first-order valence-electron chi connectivity index (χ1n) is 5.45. The first kappa shape index (κ1) is 11.4. The standard InChI is InChI=1S/C12H14N2O3/c1-8-5-11(15)13-14(8)10-4-2-3-9(6-10)7-12(16)17/h2-4,6,8H,5,7H2,1H3,(H,13,15)(H,16,17). The fraction of sp³-hybridized carbons (Fsp3) is 0.333. The van der Waals surface area contributed by atoms with Crippen molar-refractivity contribution in [3.8, 4) is 0 Å². The maximum absolute atomic E-state index is 11.3. The minimum absolute atomic E-state index is 0.00991. The van der Waals surface area contributed by atoms with Gasteiger partial charge in [-0.15, -0.1) is 0 Å². The Kier molecular flexibility index (Phi) is 2.99. The molecular weight excluding hydrogens is 220 g/mol. The number of hydrogen-bond acceptors (Lipinski definition) is 3. The third-order valence-electron chi connectivity index (χ3n) is 2.71. The second kappa shape index (κ2) is 4.45. The quantitative estimate of drug-likeness (QED) is 0.816. The van der Waals surface area contributed by atoms with Crippen molar-refractivity contribution in [3.63, 3.8) is 0 Å². The van der Waals surface area contributed by atoms with Crippen LogP contribution in [0.2, 0.25) is 0 Å². The zero-order chi connectivity index (χ0) is 12.4. The summed E-state index contributed by atoms with van der Waals surface area (Å²) in [6.45, 7) is 1.95. The molecule has 0 aromatic heterocycles. The molecule has 5 heteroatoms. The van der Waals surface area contributed by atoms with Gasteiger partial charge in [0.15, 0.2) is 0 Å². The Balaban J connectivity index is 2.21. The SMILES string of the molecule is CC1CC(=O)NN1c1cccc(CC(=O)O)c1. The molecule has 1 aliphatic heterocycles. The molecule has 1 atom stereocenters. The normalized spacial score (nSPS) is 19.2. The van der Waals surface area contributed by atoms with Crippen LogP contribution in [0.25, 0.3) is 0 Å². The molecule has 1 unspecified atom stereocenters. The molecule has 1 heterocycles. The van der Waals surface area contributed by atoms with Crippen molar-refractivity contribution < 1.29 is 14.7 Å². The number of carboxylic acids is 1. The van der Waals surface area contributed by atoms with E-state index in [4.69, 9.17) is 5.11 Å². The van der Waals surface area contributed by atoms with Gasteiger partial charge in [0.2, 0.25) is 5.91 Å². The molecule has 1 aliphatic rings. The Labute approximate surface area is 99.0 Å². The van der Waals surface area contributed by atoms with E-state index in [2.05, 4.69) is 5.43 Å². The molecule has 17 heavy (non-hydrogen) atoms. The highest BCUT2D eigenvalue weighted by atomic mass is 16.4. The summed E-state index contributed by atoms with van der Waals surface area (Å²) < 4.78 is 0. The van der Waals surface area contributed by atoms with Gasteiger partial charge in [-0.1, -0.05) is 12.1 Å². The molecule has 5 nitrogen and oxygen atoms in total. The second-order valence-electron chi connectivity index (χ2n) is 4.20. The zero-order valence-corrected chi connectivity index (χ0v) is 9.51. The van der Waals surface area contributed by atoms with Crippen molar-refractivity contribution in [1.29, 1.82) is 0 Å². The third kappa shape index (κ3) is 2.55. The number of nitrogens with one attached hydrogen (secondary N) is 1. The molecule has 2 rings (SSSR count). The molecule has 0 radical (unpaired) electrons. The maximum Gasteiger partial charge on any atom is 0.307 e. The Hall–Kier alpha value is -2.04. The predicted octanol–water partition coefficient (Wildman–Crippen LogP) is 0.944. The van der Waals surface area contributed by atoms with Gasteiger partial charge < -0.3 is 5.11 Å². The van der Waals surface area contributed by atoms with Crippen LogP contribution in [0.4, 0.5) is 5.69 Å². The van der Waals surface area contributed by atoms with Crippen LogP contribution in [0.1, 0.15) is 18.9 Å². The molecule has 90 valence electrons. The van der Waals surface area contributed by atoms with Gasteiger partial charge in [0.1, 0.15) is 0 Å². The molecule has 2 N–H and O–H groups in total. The Morgan fingerprint density at radius 1 is 1.59 bits per heavy atom. The van der Waals surface area contributed by atoms with Gasteiger partial charge >= 0.3 is 5.97 Å². The molecule has 1 saturated heterocycles. The summed E-state index contributed by atoms with van der Waals surface area (Å²) in [7, 11) is 0. The third-order valence-corrected chi connectivity index (χ3v) is 2.71. The van der Waals surface area contributed by atoms with Crippen molar-refractivity contribution in [2.24, 2.45) is 0 Å². The Morgan fingerprint density at radius 3 is 2.94 bits per heavy atom. The van der Waals surface area contributed by atoms with E-state index >= 15 is 0 Å². The van der Waals surface area contributed by atoms with Crippen LogP contribution >= 0.6 is 0 Å². The first-order valence-corrected chi connectivity index (χ1v) is 5.45. The van der Waals surface area contributed by atoms with E-state index in [9.17, 15) is 9.59 Å². The van der Waals surface area contributed by atoms with Gasteiger partial charge in [-0.3, -0.25) is 20.0 Å². The molecule has 1 fully saturated rings. The monoisotopic (exact) mass is 234 g/mol. The lowest BCUT2D eigenvalue weighted by molar-refractivity contribution is -0.136. The van der Waals surface area contributed by atoms with Crippen molar-refractivity contribution in [3.05, 3.63) is 29.8 Å². The minimum Gasteiger partial charge on any atom is -0.481 e. The highest BCUT2D eigenvalue weighted by Gasteiger charge is 2.26. The highest BCUT2D eigenvalue weighted by molar-refractivity contribution is 5.82. The van der Waals surface area contributed by atoms with E-state index < -0.39 is 5.97 Å². The predicted molar refractivity (Wildman–Crippen MR) is 62.5 cm³/mol. The van der Waals surface area contributed by atoms with Gasteiger partial charge in [0.25, 0.3) is 0 Å². The lowest BCUT2D eigenvalue weighted by Gasteiger charge is -2.22. The molecule has 0 bridgehead atoms. The maximum atomic E-state index is 11.3. The summed E-state index contributed by atoms with van der Waals surface area (Å²) in [5, 5.41) is 10.5. The van der Waals surface area contributed by atoms with E-state index in [0.29, 0.717) is 6.42 Å². The van der Waals surface area contributed by atoms with Crippen molar-refractivity contribution in [2.45, 2.75) is 25.8 Å². The minimum atomic E-state index is -0.861. The van der Waals surface area contributed by atoms with Crippen LogP contribution in [0, 0.1) is 0 Å². The molecule has 0 spiro atoms. The fourth-order valence-electron chi connectivity index (χ4n) is 1.96. The lowest BCUT2D eigenvalue weighted by Crippen LogP contribution is -2.37. The van der Waals surface area contributed by atoms with E-state index in [1.54, 1.807) is 23.2 Å². The van der Waals surface area contributed by atoms with Gasteiger partial charge in [-0.05, 0) is 24.6 Å². The Morgan fingerprint density at radius 2 is 2.35 bits per heavy atom. The van der Waals surface area contributed by atoms with Crippen LogP contribution in [0.5, 0.6) is 0 Å². The molecule has 1 amide bonds. The molecular formula is C12H14N2O3. The van der Waals surface area contributed by atoms with Crippen LogP contribution in [0.3, 0.4) is 0 Å². The number of nitrogens with zero attached hydrogens (tertiary/aromatic N) is 1. The summed E-state index contributed by atoms with van der Waals surface area (Å²) >= 11 is 0. The molecule has 1 aromatic rings. The number of rotatable bonds is 3. The fourth-order valence-corrected chi connectivity index (χ4v) is 1.96. The van der Waals surface area contributed by atoms with Gasteiger partial charge in [-0.2, -0.15) is 0 Å². The van der Waals surface area contributed by atoms with Crippen LogP contribution in [-0.2, 0) is 16.0 Å². The van der Waals surface area contributed by atoms with E-state index in [0.717, 1.165) is 11.3 Å².